The largest absolute Gasteiger partial charge is 0.337 e. The fraction of sp³-hybridized carbons (Fsp3) is 0.278. The van der Waals surface area contributed by atoms with Gasteiger partial charge in [0, 0.05) is 37.9 Å². The molecule has 0 unspecified atom stereocenters. The molecule has 0 aliphatic carbocycles. The Morgan fingerprint density at radius 1 is 0.783 bits per heavy atom. The SMILES string of the molecule is O=C(c1ccccc1)N1CCCN(C(=O)c2ccccn2)CC1. The zero-order chi connectivity index (χ0) is 16.1. The summed E-state index contributed by atoms with van der Waals surface area (Å²) in [6.07, 6.45) is 2.40. The molecular weight excluding hydrogens is 290 g/mol. The molecule has 2 amide bonds. The average molecular weight is 309 g/mol. The summed E-state index contributed by atoms with van der Waals surface area (Å²) in [7, 11) is 0. The van der Waals surface area contributed by atoms with E-state index in [2.05, 4.69) is 4.98 Å². The summed E-state index contributed by atoms with van der Waals surface area (Å²) in [5.74, 6) is -0.0441. The van der Waals surface area contributed by atoms with Crippen molar-refractivity contribution in [1.82, 2.24) is 14.8 Å². The van der Waals surface area contributed by atoms with Gasteiger partial charge in [-0.1, -0.05) is 24.3 Å². The van der Waals surface area contributed by atoms with Crippen LogP contribution in [0.3, 0.4) is 0 Å². The van der Waals surface area contributed by atoms with Crippen molar-refractivity contribution >= 4 is 11.8 Å². The molecule has 0 bridgehead atoms. The fourth-order valence-corrected chi connectivity index (χ4v) is 2.74. The zero-order valence-electron chi connectivity index (χ0n) is 12.9. The van der Waals surface area contributed by atoms with Crippen LogP contribution in [0.25, 0.3) is 0 Å². The van der Waals surface area contributed by atoms with Crippen LogP contribution in [-0.4, -0.2) is 52.8 Å². The third-order valence-corrected chi connectivity index (χ3v) is 3.98. The van der Waals surface area contributed by atoms with Crippen molar-refractivity contribution in [1.29, 1.82) is 0 Å². The number of nitrogens with zero attached hydrogens (tertiary/aromatic N) is 3. The number of rotatable bonds is 2. The number of amides is 2. The zero-order valence-corrected chi connectivity index (χ0v) is 12.9. The van der Waals surface area contributed by atoms with Gasteiger partial charge in [-0.3, -0.25) is 14.6 Å². The minimum absolute atomic E-state index is 0.0257. The Bertz CT molecular complexity index is 614. The lowest BCUT2D eigenvalue weighted by Gasteiger charge is -2.22. The lowest BCUT2D eigenvalue weighted by molar-refractivity contribution is 0.0715. The van der Waals surface area contributed by atoms with Crippen LogP contribution in [0.1, 0.15) is 27.3 Å². The minimum atomic E-state index is -0.0698. The van der Waals surface area contributed by atoms with E-state index in [0.717, 1.165) is 6.42 Å². The topological polar surface area (TPSA) is 53.5 Å². The third kappa shape index (κ3) is 3.56. The second-order valence-electron chi connectivity index (χ2n) is 5.52. The van der Waals surface area contributed by atoms with Crippen molar-refractivity contribution in [3.05, 3.63) is 66.0 Å². The normalized spacial score (nSPS) is 15.1. The Labute approximate surface area is 135 Å². The second-order valence-corrected chi connectivity index (χ2v) is 5.52. The van der Waals surface area contributed by atoms with Gasteiger partial charge in [-0.25, -0.2) is 0 Å². The van der Waals surface area contributed by atoms with E-state index in [0.29, 0.717) is 37.4 Å². The molecule has 1 aliphatic rings. The van der Waals surface area contributed by atoms with Gasteiger partial charge < -0.3 is 9.80 Å². The molecule has 1 aromatic carbocycles. The van der Waals surface area contributed by atoms with Gasteiger partial charge in [-0.15, -0.1) is 0 Å². The first-order valence-corrected chi connectivity index (χ1v) is 7.80. The highest BCUT2D eigenvalue weighted by atomic mass is 16.2. The predicted octanol–water partition coefficient (Wildman–Crippen LogP) is 2.07. The van der Waals surface area contributed by atoms with Gasteiger partial charge in [0.05, 0.1) is 0 Å². The number of carbonyl (C=O) groups is 2. The van der Waals surface area contributed by atoms with Crippen molar-refractivity contribution in [2.75, 3.05) is 26.2 Å². The molecular formula is C18H19N3O2. The molecule has 118 valence electrons. The van der Waals surface area contributed by atoms with E-state index in [-0.39, 0.29) is 11.8 Å². The molecule has 2 aromatic rings. The minimum Gasteiger partial charge on any atom is -0.337 e. The summed E-state index contributed by atoms with van der Waals surface area (Å²) in [5, 5.41) is 0. The highest BCUT2D eigenvalue weighted by Gasteiger charge is 2.23. The fourth-order valence-electron chi connectivity index (χ4n) is 2.74. The van der Waals surface area contributed by atoms with Gasteiger partial charge in [0.15, 0.2) is 0 Å². The van der Waals surface area contributed by atoms with Crippen LogP contribution in [0, 0.1) is 0 Å². The van der Waals surface area contributed by atoms with Crippen LogP contribution in [0.2, 0.25) is 0 Å². The van der Waals surface area contributed by atoms with Gasteiger partial charge in [-0.2, -0.15) is 0 Å². The molecule has 0 N–H and O–H groups in total. The Morgan fingerprint density at radius 3 is 2.09 bits per heavy atom. The van der Waals surface area contributed by atoms with E-state index in [9.17, 15) is 9.59 Å². The molecule has 1 saturated heterocycles. The molecule has 0 spiro atoms. The van der Waals surface area contributed by atoms with Crippen LogP contribution in [0.15, 0.2) is 54.7 Å². The highest BCUT2D eigenvalue weighted by Crippen LogP contribution is 2.11. The first-order chi connectivity index (χ1) is 11.3. The van der Waals surface area contributed by atoms with Crippen molar-refractivity contribution in [3.8, 4) is 0 Å². The monoisotopic (exact) mass is 309 g/mol. The summed E-state index contributed by atoms with van der Waals surface area (Å²) < 4.78 is 0. The van der Waals surface area contributed by atoms with Crippen molar-refractivity contribution in [3.63, 3.8) is 0 Å². The van der Waals surface area contributed by atoms with Gasteiger partial charge in [0.2, 0.25) is 0 Å². The molecule has 5 nitrogen and oxygen atoms in total. The molecule has 1 aromatic heterocycles. The molecule has 0 atom stereocenters. The van der Waals surface area contributed by atoms with E-state index in [1.165, 1.54) is 0 Å². The summed E-state index contributed by atoms with van der Waals surface area (Å²) in [5.41, 5.74) is 1.15. The van der Waals surface area contributed by atoms with E-state index in [1.807, 2.05) is 41.3 Å². The standard InChI is InChI=1S/C18H19N3O2/c22-17(15-7-2-1-3-8-15)20-11-6-12-21(14-13-20)18(23)16-9-4-5-10-19-16/h1-5,7-10H,6,11-14H2. The molecule has 2 heterocycles. The number of hydrogen-bond donors (Lipinski definition) is 0. The maximum Gasteiger partial charge on any atom is 0.272 e. The van der Waals surface area contributed by atoms with Crippen LogP contribution < -0.4 is 0 Å². The van der Waals surface area contributed by atoms with Crippen molar-refractivity contribution in [2.45, 2.75) is 6.42 Å². The van der Waals surface area contributed by atoms with E-state index in [4.69, 9.17) is 0 Å². The quantitative estimate of drug-likeness (QED) is 0.853. The highest BCUT2D eigenvalue weighted by molar-refractivity contribution is 5.94. The molecule has 0 saturated carbocycles. The maximum atomic E-state index is 12.5. The Morgan fingerprint density at radius 2 is 1.43 bits per heavy atom. The van der Waals surface area contributed by atoms with Gasteiger partial charge in [0.25, 0.3) is 11.8 Å². The second kappa shape index (κ2) is 7.05. The molecule has 1 aliphatic heterocycles. The Kier molecular flexibility index (Phi) is 4.66. The summed E-state index contributed by atoms with van der Waals surface area (Å²) >= 11 is 0. The van der Waals surface area contributed by atoms with Crippen LogP contribution >= 0.6 is 0 Å². The van der Waals surface area contributed by atoms with Gasteiger partial charge in [-0.05, 0) is 30.7 Å². The third-order valence-electron chi connectivity index (χ3n) is 3.98. The van der Waals surface area contributed by atoms with E-state index >= 15 is 0 Å². The Balaban J connectivity index is 1.66. The summed E-state index contributed by atoms with van der Waals surface area (Å²) in [4.78, 5) is 32.7. The number of hydrogen-bond acceptors (Lipinski definition) is 3. The van der Waals surface area contributed by atoms with Crippen LogP contribution in [0.5, 0.6) is 0 Å². The molecule has 0 radical (unpaired) electrons. The van der Waals surface area contributed by atoms with E-state index < -0.39 is 0 Å². The average Bonchev–Trinajstić information content (AvgIpc) is 2.88. The smallest absolute Gasteiger partial charge is 0.272 e. The predicted molar refractivity (Wildman–Crippen MR) is 87.1 cm³/mol. The van der Waals surface area contributed by atoms with E-state index in [1.54, 1.807) is 23.2 Å². The number of pyridine rings is 1. The summed E-state index contributed by atoms with van der Waals surface area (Å²) in [6, 6.07) is 14.6. The Hall–Kier alpha value is -2.69. The van der Waals surface area contributed by atoms with Crippen molar-refractivity contribution in [2.24, 2.45) is 0 Å². The lowest BCUT2D eigenvalue weighted by Crippen LogP contribution is -2.37. The molecule has 5 heteroatoms. The van der Waals surface area contributed by atoms with Crippen molar-refractivity contribution < 1.29 is 9.59 Å². The summed E-state index contributed by atoms with van der Waals surface area (Å²) in [6.45, 7) is 2.40. The number of carbonyl (C=O) groups excluding carboxylic acids is 2. The van der Waals surface area contributed by atoms with Gasteiger partial charge >= 0.3 is 0 Å². The molecule has 23 heavy (non-hydrogen) atoms. The first kappa shape index (κ1) is 15.2. The first-order valence-electron chi connectivity index (χ1n) is 7.80. The van der Waals surface area contributed by atoms with Gasteiger partial charge in [0.1, 0.15) is 5.69 Å². The molecule has 3 rings (SSSR count). The van der Waals surface area contributed by atoms with Crippen LogP contribution in [0.4, 0.5) is 0 Å². The van der Waals surface area contributed by atoms with Crippen LogP contribution in [-0.2, 0) is 0 Å². The number of aromatic nitrogens is 1. The lowest BCUT2D eigenvalue weighted by atomic mass is 10.2. The number of benzene rings is 1. The molecule has 1 fully saturated rings. The maximum absolute atomic E-state index is 12.5.